The fraction of sp³-hybridized carbons (Fsp3) is 0.923. The van der Waals surface area contributed by atoms with Crippen molar-refractivity contribution in [2.45, 2.75) is 46.1 Å². The molecule has 1 amide bonds. The lowest BCUT2D eigenvalue weighted by Gasteiger charge is -2.26. The molecule has 1 saturated heterocycles. The van der Waals surface area contributed by atoms with Gasteiger partial charge in [0.25, 0.3) is 0 Å². The molecule has 0 spiro atoms. The lowest BCUT2D eigenvalue weighted by atomic mass is 9.88. The second kappa shape index (κ2) is 6.97. The first-order chi connectivity index (χ1) is 8.03. The highest BCUT2D eigenvalue weighted by Crippen LogP contribution is 2.20. The molecule has 4 heteroatoms. The van der Waals surface area contributed by atoms with E-state index in [1.54, 1.807) is 0 Å². The van der Waals surface area contributed by atoms with E-state index in [0.717, 1.165) is 32.5 Å². The standard InChI is InChI=1S/C13H26N2O2/c1-4-5-13(2,3)10-15-12(16)8-11-9-17-7-6-14-11/h11,14H,4-10H2,1-3H3,(H,15,16). The summed E-state index contributed by atoms with van der Waals surface area (Å²) in [5.41, 5.74) is 0.195. The van der Waals surface area contributed by atoms with Gasteiger partial charge in [-0.3, -0.25) is 4.79 Å². The Morgan fingerprint density at radius 3 is 2.88 bits per heavy atom. The van der Waals surface area contributed by atoms with E-state index in [-0.39, 0.29) is 17.4 Å². The van der Waals surface area contributed by atoms with Crippen molar-refractivity contribution in [2.75, 3.05) is 26.3 Å². The number of amides is 1. The van der Waals surface area contributed by atoms with Gasteiger partial charge in [-0.2, -0.15) is 0 Å². The summed E-state index contributed by atoms with van der Waals surface area (Å²) in [7, 11) is 0. The van der Waals surface area contributed by atoms with E-state index in [2.05, 4.69) is 31.4 Å². The first-order valence-electron chi connectivity index (χ1n) is 6.61. The third-order valence-electron chi connectivity index (χ3n) is 3.12. The van der Waals surface area contributed by atoms with Crippen LogP contribution in [0, 0.1) is 5.41 Å². The topological polar surface area (TPSA) is 50.4 Å². The van der Waals surface area contributed by atoms with Gasteiger partial charge in [0, 0.05) is 25.6 Å². The lowest BCUT2D eigenvalue weighted by molar-refractivity contribution is -0.122. The van der Waals surface area contributed by atoms with Crippen LogP contribution < -0.4 is 10.6 Å². The Bertz CT molecular complexity index is 236. The van der Waals surface area contributed by atoms with Crippen LogP contribution in [0.2, 0.25) is 0 Å². The van der Waals surface area contributed by atoms with Gasteiger partial charge in [0.15, 0.2) is 0 Å². The normalized spacial score (nSPS) is 21.2. The van der Waals surface area contributed by atoms with E-state index in [1.165, 1.54) is 0 Å². The molecule has 100 valence electrons. The number of carbonyl (C=O) groups is 1. The zero-order valence-electron chi connectivity index (χ0n) is 11.3. The maximum absolute atomic E-state index is 11.8. The first-order valence-corrected chi connectivity index (χ1v) is 6.61. The molecule has 1 unspecified atom stereocenters. The molecule has 0 aromatic heterocycles. The Hall–Kier alpha value is -0.610. The molecule has 1 fully saturated rings. The average Bonchev–Trinajstić information content (AvgIpc) is 2.28. The molecule has 0 aromatic rings. The van der Waals surface area contributed by atoms with Crippen LogP contribution in [0.4, 0.5) is 0 Å². The van der Waals surface area contributed by atoms with Crippen molar-refractivity contribution < 1.29 is 9.53 Å². The molecule has 0 radical (unpaired) electrons. The van der Waals surface area contributed by atoms with E-state index in [1.807, 2.05) is 0 Å². The first kappa shape index (κ1) is 14.5. The van der Waals surface area contributed by atoms with E-state index >= 15 is 0 Å². The second-order valence-corrected chi connectivity index (χ2v) is 5.62. The maximum Gasteiger partial charge on any atom is 0.221 e. The summed E-state index contributed by atoms with van der Waals surface area (Å²) in [6.45, 7) is 9.56. The maximum atomic E-state index is 11.8. The van der Waals surface area contributed by atoms with Crippen molar-refractivity contribution in [3.63, 3.8) is 0 Å². The third kappa shape index (κ3) is 6.03. The predicted molar refractivity (Wildman–Crippen MR) is 68.9 cm³/mol. The van der Waals surface area contributed by atoms with E-state index in [9.17, 15) is 4.79 Å². The smallest absolute Gasteiger partial charge is 0.221 e. The summed E-state index contributed by atoms with van der Waals surface area (Å²) >= 11 is 0. The Morgan fingerprint density at radius 1 is 1.53 bits per heavy atom. The number of hydrogen-bond donors (Lipinski definition) is 2. The summed E-state index contributed by atoms with van der Waals surface area (Å²) in [6.07, 6.45) is 2.81. The fourth-order valence-electron chi connectivity index (χ4n) is 2.15. The molecule has 1 rings (SSSR count). The lowest BCUT2D eigenvalue weighted by Crippen LogP contribution is -2.45. The number of nitrogens with one attached hydrogen (secondary N) is 2. The van der Waals surface area contributed by atoms with Crippen LogP contribution in [-0.4, -0.2) is 38.3 Å². The molecule has 4 nitrogen and oxygen atoms in total. The van der Waals surface area contributed by atoms with Gasteiger partial charge in [0.1, 0.15) is 0 Å². The van der Waals surface area contributed by atoms with Gasteiger partial charge in [0.05, 0.1) is 13.2 Å². The van der Waals surface area contributed by atoms with Crippen LogP contribution in [-0.2, 0) is 9.53 Å². The number of rotatable bonds is 6. The molecule has 2 N–H and O–H groups in total. The van der Waals surface area contributed by atoms with Crippen LogP contribution >= 0.6 is 0 Å². The third-order valence-corrected chi connectivity index (χ3v) is 3.12. The molecular formula is C13H26N2O2. The monoisotopic (exact) mass is 242 g/mol. The summed E-state index contributed by atoms with van der Waals surface area (Å²) < 4.78 is 5.32. The van der Waals surface area contributed by atoms with Gasteiger partial charge in [0.2, 0.25) is 5.91 Å². The number of morpholine rings is 1. The van der Waals surface area contributed by atoms with Crippen LogP contribution in [0.3, 0.4) is 0 Å². The minimum Gasteiger partial charge on any atom is -0.378 e. The molecule has 1 aliphatic rings. The highest BCUT2D eigenvalue weighted by molar-refractivity contribution is 5.76. The van der Waals surface area contributed by atoms with Crippen molar-refractivity contribution in [3.05, 3.63) is 0 Å². The largest absolute Gasteiger partial charge is 0.378 e. The summed E-state index contributed by atoms with van der Waals surface area (Å²) in [4.78, 5) is 11.8. The second-order valence-electron chi connectivity index (χ2n) is 5.62. The van der Waals surface area contributed by atoms with Crippen molar-refractivity contribution in [2.24, 2.45) is 5.41 Å². The predicted octanol–water partition coefficient (Wildman–Crippen LogP) is 1.31. The van der Waals surface area contributed by atoms with Crippen LogP contribution in [0.25, 0.3) is 0 Å². The average molecular weight is 242 g/mol. The molecule has 0 aliphatic carbocycles. The van der Waals surface area contributed by atoms with Crippen LogP contribution in [0.15, 0.2) is 0 Å². The number of carbonyl (C=O) groups excluding carboxylic acids is 1. The Balaban J connectivity index is 2.20. The van der Waals surface area contributed by atoms with E-state index < -0.39 is 0 Å². The molecule has 17 heavy (non-hydrogen) atoms. The molecule has 1 heterocycles. The van der Waals surface area contributed by atoms with Gasteiger partial charge in [-0.15, -0.1) is 0 Å². The van der Waals surface area contributed by atoms with E-state index in [4.69, 9.17) is 4.74 Å². The van der Waals surface area contributed by atoms with Gasteiger partial charge in [-0.05, 0) is 11.8 Å². The van der Waals surface area contributed by atoms with Crippen molar-refractivity contribution in [3.8, 4) is 0 Å². The van der Waals surface area contributed by atoms with Crippen LogP contribution in [0.5, 0.6) is 0 Å². The Morgan fingerprint density at radius 2 is 2.29 bits per heavy atom. The Kier molecular flexibility index (Phi) is 5.92. The van der Waals surface area contributed by atoms with Gasteiger partial charge in [-0.25, -0.2) is 0 Å². The zero-order valence-corrected chi connectivity index (χ0v) is 11.3. The SMILES string of the molecule is CCCC(C)(C)CNC(=O)CC1COCCN1. The highest BCUT2D eigenvalue weighted by atomic mass is 16.5. The molecule has 0 aromatic carbocycles. The van der Waals surface area contributed by atoms with Crippen molar-refractivity contribution in [1.82, 2.24) is 10.6 Å². The van der Waals surface area contributed by atoms with Crippen molar-refractivity contribution >= 4 is 5.91 Å². The summed E-state index contributed by atoms with van der Waals surface area (Å²) in [5, 5.41) is 6.31. The zero-order chi connectivity index (χ0) is 12.7. The van der Waals surface area contributed by atoms with Gasteiger partial charge < -0.3 is 15.4 Å². The quantitative estimate of drug-likeness (QED) is 0.738. The summed E-state index contributed by atoms with van der Waals surface area (Å²) in [5.74, 6) is 0.122. The minimum atomic E-state index is 0.122. The summed E-state index contributed by atoms with van der Waals surface area (Å²) in [6, 6.07) is 0.179. The van der Waals surface area contributed by atoms with Crippen molar-refractivity contribution in [1.29, 1.82) is 0 Å². The van der Waals surface area contributed by atoms with E-state index in [0.29, 0.717) is 13.0 Å². The number of ether oxygens (including phenoxy) is 1. The molecule has 1 aliphatic heterocycles. The fourth-order valence-corrected chi connectivity index (χ4v) is 2.15. The Labute approximate surface area is 104 Å². The highest BCUT2D eigenvalue weighted by Gasteiger charge is 2.20. The minimum absolute atomic E-state index is 0.122. The van der Waals surface area contributed by atoms with Gasteiger partial charge >= 0.3 is 0 Å². The molecule has 0 bridgehead atoms. The van der Waals surface area contributed by atoms with Gasteiger partial charge in [-0.1, -0.05) is 27.2 Å². The van der Waals surface area contributed by atoms with Crippen LogP contribution in [0.1, 0.15) is 40.0 Å². The molecular weight excluding hydrogens is 216 g/mol. The number of hydrogen-bond acceptors (Lipinski definition) is 3. The molecule has 1 atom stereocenters. The molecule has 0 saturated carbocycles.